The maximum absolute atomic E-state index is 11.7. The van der Waals surface area contributed by atoms with Crippen molar-refractivity contribution < 1.29 is 48.3 Å². The minimum absolute atomic E-state index is 0.0735. The Kier molecular flexibility index (Phi) is 14.3. The van der Waals surface area contributed by atoms with Crippen LogP contribution in [0.15, 0.2) is 36.4 Å². The highest BCUT2D eigenvalue weighted by Gasteiger charge is 2.35. The van der Waals surface area contributed by atoms with Crippen LogP contribution in [-0.2, 0) is 39.8 Å². The van der Waals surface area contributed by atoms with Crippen molar-refractivity contribution in [1.82, 2.24) is 0 Å². The van der Waals surface area contributed by atoms with Crippen LogP contribution < -0.4 is 4.74 Å². The van der Waals surface area contributed by atoms with Gasteiger partial charge in [-0.15, -0.1) is 0 Å². The number of hydrogen-bond donors (Lipinski definition) is 2. The monoisotopic (exact) mass is 611 g/mol. The van der Waals surface area contributed by atoms with Gasteiger partial charge in [-0.1, -0.05) is 24.3 Å². The van der Waals surface area contributed by atoms with Gasteiger partial charge >= 0.3 is 11.9 Å². The zero-order valence-corrected chi connectivity index (χ0v) is 25.8. The fourth-order valence-corrected chi connectivity index (χ4v) is 4.79. The lowest BCUT2D eigenvalue weighted by Crippen LogP contribution is -2.37. The summed E-state index contributed by atoms with van der Waals surface area (Å²) >= 11 is 0. The third-order valence-corrected chi connectivity index (χ3v) is 6.59. The molecule has 2 aromatic carbocycles. The van der Waals surface area contributed by atoms with Crippen molar-refractivity contribution in [2.24, 2.45) is 0 Å². The SMILES string of the molecule is CC(=O)O.CC(=O)O.CCOc1cc(C#N)c(Cc2ccc(C3CC3)cc2)cc1[C@H]1C[C@@H](OC(C)=O)C[C@@H](COC(C)=O)O1. The second-order valence-electron chi connectivity index (χ2n) is 10.6. The summed E-state index contributed by atoms with van der Waals surface area (Å²) in [5, 5.41) is 24.7. The first-order chi connectivity index (χ1) is 20.8. The first-order valence-corrected chi connectivity index (χ1v) is 14.5. The summed E-state index contributed by atoms with van der Waals surface area (Å²) in [5.41, 5.74) is 4.73. The van der Waals surface area contributed by atoms with Crippen LogP contribution in [0.5, 0.6) is 5.75 Å². The topological polar surface area (TPSA) is 169 Å². The van der Waals surface area contributed by atoms with E-state index >= 15 is 0 Å². The molecule has 1 aliphatic heterocycles. The average Bonchev–Trinajstić information content (AvgIpc) is 3.78. The Morgan fingerprint density at radius 1 is 0.955 bits per heavy atom. The second kappa shape index (κ2) is 17.6. The number of hydrogen-bond acceptors (Lipinski definition) is 9. The fraction of sp³-hybridized carbons (Fsp3) is 0.485. The Morgan fingerprint density at radius 2 is 1.57 bits per heavy atom. The highest BCUT2D eigenvalue weighted by Crippen LogP contribution is 2.41. The van der Waals surface area contributed by atoms with Crippen LogP contribution in [0.3, 0.4) is 0 Å². The Hall–Kier alpha value is -4.43. The van der Waals surface area contributed by atoms with Crippen LogP contribution in [0.2, 0.25) is 0 Å². The number of carboxylic acid groups (broad SMARTS) is 2. The zero-order valence-electron chi connectivity index (χ0n) is 25.8. The molecule has 1 saturated heterocycles. The van der Waals surface area contributed by atoms with Crippen LogP contribution in [0, 0.1) is 11.3 Å². The van der Waals surface area contributed by atoms with E-state index in [-0.39, 0.29) is 18.7 Å². The molecule has 0 unspecified atom stereocenters. The summed E-state index contributed by atoms with van der Waals surface area (Å²) in [7, 11) is 0. The fourth-order valence-electron chi connectivity index (χ4n) is 4.79. The minimum Gasteiger partial charge on any atom is -0.493 e. The van der Waals surface area contributed by atoms with Crippen molar-refractivity contribution in [2.75, 3.05) is 13.2 Å². The van der Waals surface area contributed by atoms with E-state index in [2.05, 4.69) is 30.3 Å². The molecule has 2 aliphatic rings. The highest BCUT2D eigenvalue weighted by atomic mass is 16.6. The van der Waals surface area contributed by atoms with E-state index in [4.69, 9.17) is 38.7 Å². The first-order valence-electron chi connectivity index (χ1n) is 14.5. The van der Waals surface area contributed by atoms with Gasteiger partial charge in [0.15, 0.2) is 0 Å². The maximum Gasteiger partial charge on any atom is 0.302 e. The van der Waals surface area contributed by atoms with Gasteiger partial charge in [0.25, 0.3) is 11.9 Å². The molecule has 1 aliphatic carbocycles. The van der Waals surface area contributed by atoms with Gasteiger partial charge in [-0.3, -0.25) is 19.2 Å². The molecule has 44 heavy (non-hydrogen) atoms. The summed E-state index contributed by atoms with van der Waals surface area (Å²) in [4.78, 5) is 41.1. The molecule has 11 heteroatoms. The van der Waals surface area contributed by atoms with Crippen LogP contribution in [0.25, 0.3) is 0 Å². The zero-order chi connectivity index (χ0) is 32.8. The largest absolute Gasteiger partial charge is 0.493 e. The molecule has 3 atom stereocenters. The number of carbonyl (C=O) groups is 4. The van der Waals surface area contributed by atoms with Gasteiger partial charge in [0.2, 0.25) is 0 Å². The number of esters is 2. The van der Waals surface area contributed by atoms with Crippen molar-refractivity contribution >= 4 is 23.9 Å². The van der Waals surface area contributed by atoms with E-state index in [9.17, 15) is 14.9 Å². The smallest absolute Gasteiger partial charge is 0.302 e. The van der Waals surface area contributed by atoms with Gasteiger partial charge in [-0.05, 0) is 60.9 Å². The van der Waals surface area contributed by atoms with E-state index < -0.39 is 30.1 Å². The lowest BCUT2D eigenvalue weighted by molar-refractivity contribution is -0.169. The third-order valence-electron chi connectivity index (χ3n) is 6.59. The van der Waals surface area contributed by atoms with Crippen LogP contribution in [0.1, 0.15) is 100 Å². The Labute approximate surface area is 257 Å². The summed E-state index contributed by atoms with van der Waals surface area (Å²) in [6, 6.07) is 14.7. The quantitative estimate of drug-likeness (QED) is 0.352. The molecule has 0 aromatic heterocycles. The molecule has 0 radical (unpaired) electrons. The number of rotatable bonds is 9. The molecule has 2 N–H and O–H groups in total. The van der Waals surface area contributed by atoms with Gasteiger partial charge in [-0.25, -0.2) is 0 Å². The number of nitrogens with zero attached hydrogens (tertiary/aromatic N) is 1. The number of carbonyl (C=O) groups excluding carboxylic acids is 2. The van der Waals surface area contributed by atoms with E-state index in [1.807, 2.05) is 13.0 Å². The molecule has 0 spiro atoms. The minimum atomic E-state index is -0.833. The predicted molar refractivity (Wildman–Crippen MR) is 159 cm³/mol. The predicted octanol–water partition coefficient (Wildman–Crippen LogP) is 5.32. The molecule has 4 rings (SSSR count). The van der Waals surface area contributed by atoms with Gasteiger partial charge in [-0.2, -0.15) is 5.26 Å². The number of aliphatic carboxylic acids is 2. The summed E-state index contributed by atoms with van der Waals surface area (Å²) in [6.45, 7) is 7.28. The third kappa shape index (κ3) is 12.8. The second-order valence-corrected chi connectivity index (χ2v) is 10.6. The van der Waals surface area contributed by atoms with E-state index in [0.29, 0.717) is 43.1 Å². The van der Waals surface area contributed by atoms with Gasteiger partial charge in [0.05, 0.1) is 30.4 Å². The van der Waals surface area contributed by atoms with Gasteiger partial charge in [0, 0.05) is 46.1 Å². The Bertz CT molecular complexity index is 1310. The van der Waals surface area contributed by atoms with Crippen LogP contribution in [-0.4, -0.2) is 59.5 Å². The molecular weight excluding hydrogens is 570 g/mol. The average molecular weight is 612 g/mol. The lowest BCUT2D eigenvalue weighted by atomic mass is 9.91. The molecule has 238 valence electrons. The van der Waals surface area contributed by atoms with Crippen molar-refractivity contribution in [3.05, 3.63) is 64.2 Å². The Morgan fingerprint density at radius 3 is 2.07 bits per heavy atom. The number of carboxylic acids is 2. The molecule has 1 heterocycles. The van der Waals surface area contributed by atoms with Crippen LogP contribution >= 0.6 is 0 Å². The molecule has 2 aromatic rings. The van der Waals surface area contributed by atoms with Crippen molar-refractivity contribution in [2.45, 2.75) is 91.0 Å². The van der Waals surface area contributed by atoms with Crippen molar-refractivity contribution in [3.63, 3.8) is 0 Å². The number of ether oxygens (including phenoxy) is 4. The van der Waals surface area contributed by atoms with E-state index in [1.54, 1.807) is 6.07 Å². The number of benzene rings is 2. The van der Waals surface area contributed by atoms with Crippen LogP contribution in [0.4, 0.5) is 0 Å². The Balaban J connectivity index is 0.000000754. The van der Waals surface area contributed by atoms with Gasteiger partial charge in [0.1, 0.15) is 18.5 Å². The first kappa shape index (κ1) is 35.8. The standard InChI is InChI=1S/C29H33NO6.2C2H4O2/c1-4-33-28-13-24(16-30)23(11-20-5-7-21(8-6-20)22-9-10-22)12-27(28)29-15-25(35-19(3)32)14-26(36-29)17-34-18(2)31;2*1-2(3)4/h5-8,12-13,22,25-26,29H,4,9-11,14-15,17H2,1-3H3;2*1H3,(H,3,4)/t25-,26-,29+;;/m0../s1. The molecule has 0 bridgehead atoms. The molecule has 1 saturated carbocycles. The molecule has 11 nitrogen and oxygen atoms in total. The normalized spacial score (nSPS) is 18.6. The lowest BCUT2D eigenvalue weighted by Gasteiger charge is -2.35. The molecule has 0 amide bonds. The highest BCUT2D eigenvalue weighted by molar-refractivity contribution is 5.66. The van der Waals surface area contributed by atoms with Gasteiger partial charge < -0.3 is 29.2 Å². The van der Waals surface area contributed by atoms with E-state index in [0.717, 1.165) is 30.5 Å². The van der Waals surface area contributed by atoms with Crippen molar-refractivity contribution in [1.29, 1.82) is 5.26 Å². The summed E-state index contributed by atoms with van der Waals surface area (Å²) in [5.74, 6) is -1.17. The summed E-state index contributed by atoms with van der Waals surface area (Å²) < 4.78 is 23.0. The van der Waals surface area contributed by atoms with E-state index in [1.165, 1.54) is 32.3 Å². The van der Waals surface area contributed by atoms with Crippen molar-refractivity contribution in [3.8, 4) is 11.8 Å². The molecule has 2 fully saturated rings. The maximum atomic E-state index is 11.7. The molecular formula is C33H41NO10. The number of nitriles is 1. The summed E-state index contributed by atoms with van der Waals surface area (Å²) in [6.07, 6.45) is 2.73.